The van der Waals surface area contributed by atoms with Gasteiger partial charge in [-0.2, -0.15) is 0 Å². The third-order valence-corrected chi connectivity index (χ3v) is 6.45. The van der Waals surface area contributed by atoms with Gasteiger partial charge in [-0.3, -0.25) is 9.59 Å². The molecule has 1 N–H and O–H groups in total. The van der Waals surface area contributed by atoms with E-state index < -0.39 is 6.04 Å². The average Bonchev–Trinajstić information content (AvgIpc) is 2.80. The number of halogens is 3. The average molecular weight is 518 g/mol. The summed E-state index contributed by atoms with van der Waals surface area (Å²) in [5.74, 6) is -0.426. The number of rotatable bonds is 9. The molecule has 1 atom stereocenters. The first-order chi connectivity index (χ1) is 16.2. The molecule has 0 aliphatic heterocycles. The summed E-state index contributed by atoms with van der Waals surface area (Å²) in [4.78, 5) is 28.6. The van der Waals surface area contributed by atoms with Crippen LogP contribution in [0.2, 0.25) is 15.1 Å². The molecule has 0 spiro atoms. The quantitative estimate of drug-likeness (QED) is 0.359. The van der Waals surface area contributed by atoms with Crippen LogP contribution in [0, 0.1) is 0 Å². The number of benzene rings is 3. The van der Waals surface area contributed by atoms with Crippen LogP contribution in [0.15, 0.2) is 72.8 Å². The van der Waals surface area contributed by atoms with Gasteiger partial charge in [0, 0.05) is 24.0 Å². The zero-order valence-corrected chi connectivity index (χ0v) is 21.4. The molecular formula is C27H27Cl3N2O2. The van der Waals surface area contributed by atoms with Crippen molar-refractivity contribution in [2.45, 2.75) is 45.3 Å². The molecule has 0 saturated heterocycles. The first kappa shape index (κ1) is 26.1. The molecule has 2 amide bonds. The predicted octanol–water partition coefficient (Wildman–Crippen LogP) is 6.35. The largest absolute Gasteiger partial charge is 0.352 e. The lowest BCUT2D eigenvalue weighted by atomic mass is 10.0. The monoisotopic (exact) mass is 516 g/mol. The molecule has 178 valence electrons. The van der Waals surface area contributed by atoms with Crippen molar-refractivity contribution in [1.29, 1.82) is 0 Å². The third-order valence-electron chi connectivity index (χ3n) is 5.34. The first-order valence-corrected chi connectivity index (χ1v) is 12.2. The lowest BCUT2D eigenvalue weighted by Crippen LogP contribution is -2.52. The summed E-state index contributed by atoms with van der Waals surface area (Å²) in [5.41, 5.74) is 2.43. The van der Waals surface area contributed by atoms with Crippen molar-refractivity contribution in [2.75, 3.05) is 0 Å². The second-order valence-corrected chi connectivity index (χ2v) is 9.63. The highest BCUT2D eigenvalue weighted by molar-refractivity contribution is 6.42. The second kappa shape index (κ2) is 12.3. The summed E-state index contributed by atoms with van der Waals surface area (Å²) in [5, 5.41) is 4.31. The SMILES string of the molecule is CC(C)NC(=O)C(Cc1ccccc1)N(Cc1ccc(Cl)c(Cl)c1)C(=O)Cc1ccccc1Cl. The fourth-order valence-electron chi connectivity index (χ4n) is 3.68. The van der Waals surface area contributed by atoms with E-state index in [1.165, 1.54) is 0 Å². The fourth-order valence-corrected chi connectivity index (χ4v) is 4.20. The molecular weight excluding hydrogens is 491 g/mol. The van der Waals surface area contributed by atoms with E-state index in [4.69, 9.17) is 34.8 Å². The summed E-state index contributed by atoms with van der Waals surface area (Å²) in [7, 11) is 0. The van der Waals surface area contributed by atoms with E-state index in [-0.39, 0.29) is 30.8 Å². The summed E-state index contributed by atoms with van der Waals surface area (Å²) < 4.78 is 0. The highest BCUT2D eigenvalue weighted by atomic mass is 35.5. The van der Waals surface area contributed by atoms with Gasteiger partial charge in [-0.1, -0.05) is 89.4 Å². The van der Waals surface area contributed by atoms with Crippen LogP contribution in [0.4, 0.5) is 0 Å². The number of hydrogen-bond donors (Lipinski definition) is 1. The maximum absolute atomic E-state index is 13.7. The van der Waals surface area contributed by atoms with Gasteiger partial charge in [-0.25, -0.2) is 0 Å². The van der Waals surface area contributed by atoms with Gasteiger partial charge >= 0.3 is 0 Å². The number of carbonyl (C=O) groups excluding carboxylic acids is 2. The van der Waals surface area contributed by atoms with Crippen LogP contribution in [0.25, 0.3) is 0 Å². The van der Waals surface area contributed by atoms with Gasteiger partial charge in [0.2, 0.25) is 11.8 Å². The number of nitrogens with one attached hydrogen (secondary N) is 1. The van der Waals surface area contributed by atoms with E-state index in [9.17, 15) is 9.59 Å². The van der Waals surface area contributed by atoms with Crippen LogP contribution < -0.4 is 5.32 Å². The van der Waals surface area contributed by atoms with Crippen molar-refractivity contribution in [3.63, 3.8) is 0 Å². The number of nitrogens with zero attached hydrogens (tertiary/aromatic N) is 1. The van der Waals surface area contributed by atoms with Gasteiger partial charge in [0.25, 0.3) is 0 Å². The molecule has 0 bridgehead atoms. The van der Waals surface area contributed by atoms with Crippen molar-refractivity contribution in [3.05, 3.63) is 105 Å². The molecule has 0 aromatic heterocycles. The van der Waals surface area contributed by atoms with E-state index >= 15 is 0 Å². The molecule has 0 heterocycles. The third kappa shape index (κ3) is 7.23. The molecule has 34 heavy (non-hydrogen) atoms. The Morgan fingerprint density at radius 1 is 0.824 bits per heavy atom. The molecule has 3 aromatic rings. The van der Waals surface area contributed by atoms with Crippen LogP contribution in [-0.2, 0) is 29.0 Å². The van der Waals surface area contributed by atoms with E-state index in [0.717, 1.165) is 11.1 Å². The molecule has 7 heteroatoms. The van der Waals surface area contributed by atoms with Crippen molar-refractivity contribution < 1.29 is 9.59 Å². The van der Waals surface area contributed by atoms with Crippen LogP contribution in [-0.4, -0.2) is 28.8 Å². The zero-order chi connectivity index (χ0) is 24.7. The lowest BCUT2D eigenvalue weighted by molar-refractivity contribution is -0.141. The Labute approximate surface area is 215 Å². The van der Waals surface area contributed by atoms with Gasteiger partial charge < -0.3 is 10.2 Å². The maximum Gasteiger partial charge on any atom is 0.243 e. The van der Waals surface area contributed by atoms with E-state index in [1.807, 2.05) is 68.4 Å². The van der Waals surface area contributed by atoms with Gasteiger partial charge in [0.1, 0.15) is 6.04 Å². The smallest absolute Gasteiger partial charge is 0.243 e. The van der Waals surface area contributed by atoms with E-state index in [2.05, 4.69) is 5.32 Å². The standard InChI is InChI=1S/C27H27Cl3N2O2/c1-18(2)31-27(34)25(15-19-8-4-3-5-9-19)32(17-20-12-13-23(29)24(30)14-20)26(33)16-21-10-6-7-11-22(21)28/h3-14,18,25H,15-17H2,1-2H3,(H,31,34). The molecule has 0 fully saturated rings. The maximum atomic E-state index is 13.7. The Morgan fingerprint density at radius 2 is 1.50 bits per heavy atom. The van der Waals surface area contributed by atoms with Crippen molar-refractivity contribution in [2.24, 2.45) is 0 Å². The molecule has 3 aromatic carbocycles. The van der Waals surface area contributed by atoms with Crippen LogP contribution >= 0.6 is 34.8 Å². The molecule has 0 aliphatic carbocycles. The lowest BCUT2D eigenvalue weighted by Gasteiger charge is -2.32. The van der Waals surface area contributed by atoms with E-state index in [0.29, 0.717) is 27.1 Å². The van der Waals surface area contributed by atoms with Gasteiger partial charge in [-0.05, 0) is 48.7 Å². The predicted molar refractivity (Wildman–Crippen MR) is 139 cm³/mol. The highest BCUT2D eigenvalue weighted by Crippen LogP contribution is 2.25. The molecule has 3 rings (SSSR count). The zero-order valence-electron chi connectivity index (χ0n) is 19.1. The van der Waals surface area contributed by atoms with Gasteiger partial charge in [0.15, 0.2) is 0 Å². The Bertz CT molecular complexity index is 1140. The number of carbonyl (C=O) groups is 2. The Morgan fingerprint density at radius 3 is 2.15 bits per heavy atom. The molecule has 4 nitrogen and oxygen atoms in total. The second-order valence-electron chi connectivity index (χ2n) is 8.41. The molecule has 0 aliphatic rings. The van der Waals surface area contributed by atoms with Crippen LogP contribution in [0.1, 0.15) is 30.5 Å². The minimum atomic E-state index is -0.728. The van der Waals surface area contributed by atoms with Crippen molar-refractivity contribution in [1.82, 2.24) is 10.2 Å². The molecule has 0 radical (unpaired) electrons. The van der Waals surface area contributed by atoms with Gasteiger partial charge in [-0.15, -0.1) is 0 Å². The van der Waals surface area contributed by atoms with E-state index in [1.54, 1.807) is 23.1 Å². The summed E-state index contributed by atoms with van der Waals surface area (Å²) in [6.45, 7) is 3.99. The minimum absolute atomic E-state index is 0.0707. The first-order valence-electron chi connectivity index (χ1n) is 11.1. The molecule has 0 saturated carbocycles. The topological polar surface area (TPSA) is 49.4 Å². The highest BCUT2D eigenvalue weighted by Gasteiger charge is 2.31. The van der Waals surface area contributed by atoms with Crippen molar-refractivity contribution in [3.8, 4) is 0 Å². The van der Waals surface area contributed by atoms with Crippen molar-refractivity contribution >= 4 is 46.6 Å². The minimum Gasteiger partial charge on any atom is -0.352 e. The van der Waals surface area contributed by atoms with Crippen LogP contribution in [0.5, 0.6) is 0 Å². The Kier molecular flexibility index (Phi) is 9.40. The Hall–Kier alpha value is -2.53. The van der Waals surface area contributed by atoms with Crippen LogP contribution in [0.3, 0.4) is 0 Å². The summed E-state index contributed by atoms with van der Waals surface area (Å²) in [6.07, 6.45) is 0.441. The summed E-state index contributed by atoms with van der Waals surface area (Å²) >= 11 is 18.7. The fraction of sp³-hybridized carbons (Fsp3) is 0.259. The number of hydrogen-bond acceptors (Lipinski definition) is 2. The Balaban J connectivity index is 2.00. The summed E-state index contributed by atoms with van der Waals surface area (Å²) in [6, 6.07) is 21.3. The number of amides is 2. The normalized spacial score (nSPS) is 11.8. The van der Waals surface area contributed by atoms with Gasteiger partial charge in [0.05, 0.1) is 16.5 Å². The molecule has 1 unspecified atom stereocenters.